The van der Waals surface area contributed by atoms with Gasteiger partial charge in [0.25, 0.3) is 6.43 Å². The summed E-state index contributed by atoms with van der Waals surface area (Å²) in [5, 5.41) is 0. The third-order valence-electron chi connectivity index (χ3n) is 3.51. The molecule has 0 aliphatic rings. The van der Waals surface area contributed by atoms with Gasteiger partial charge < -0.3 is 4.57 Å². The van der Waals surface area contributed by atoms with Gasteiger partial charge in [-0.25, -0.2) is 22.2 Å². The van der Waals surface area contributed by atoms with Gasteiger partial charge >= 0.3 is 0 Å². The number of benzene rings is 1. The van der Waals surface area contributed by atoms with Crippen molar-refractivity contribution in [1.82, 2.24) is 9.55 Å². The number of rotatable bonds is 5. The molecule has 130 valence electrons. The highest BCUT2D eigenvalue weighted by Gasteiger charge is 2.19. The van der Waals surface area contributed by atoms with E-state index < -0.39 is 16.3 Å². The molecule has 4 nitrogen and oxygen atoms in total. The normalized spacial score (nSPS) is 13.1. The molecule has 0 spiro atoms. The summed E-state index contributed by atoms with van der Waals surface area (Å²) in [6, 6.07) is 6.10. The Morgan fingerprint density at radius 1 is 1.21 bits per heavy atom. The Kier molecular flexibility index (Phi) is 5.22. The fourth-order valence-electron chi connectivity index (χ4n) is 2.48. The first kappa shape index (κ1) is 18.3. The molecular formula is C17H20F2N2O2S. The Hall–Kier alpha value is -2.02. The molecule has 7 heteroatoms. The number of halogens is 2. The average Bonchev–Trinajstić information content (AvgIpc) is 2.91. The molecular weight excluding hydrogens is 334 g/mol. The van der Waals surface area contributed by atoms with E-state index >= 15 is 0 Å². The Morgan fingerprint density at radius 3 is 2.25 bits per heavy atom. The van der Waals surface area contributed by atoms with Gasteiger partial charge in [-0.05, 0) is 38.1 Å². The van der Waals surface area contributed by atoms with Crippen LogP contribution in [0.2, 0.25) is 0 Å². The monoisotopic (exact) mass is 354 g/mol. The largest absolute Gasteiger partial charge is 0.303 e. The van der Waals surface area contributed by atoms with E-state index in [1.54, 1.807) is 16.7 Å². The lowest BCUT2D eigenvalue weighted by atomic mass is 10.1. The van der Waals surface area contributed by atoms with E-state index in [4.69, 9.17) is 0 Å². The van der Waals surface area contributed by atoms with Gasteiger partial charge in [0.2, 0.25) is 0 Å². The van der Waals surface area contributed by atoms with Crippen LogP contribution in [0, 0.1) is 0 Å². The molecule has 2 aromatic rings. The first-order valence-corrected chi connectivity index (χ1v) is 9.31. The van der Waals surface area contributed by atoms with E-state index in [1.807, 2.05) is 26.8 Å². The maximum atomic E-state index is 13.1. The molecule has 0 fully saturated rings. The molecule has 1 aromatic carbocycles. The van der Waals surface area contributed by atoms with Crippen molar-refractivity contribution in [2.45, 2.75) is 38.0 Å². The number of alkyl halides is 2. The zero-order chi connectivity index (χ0) is 18.1. The summed E-state index contributed by atoms with van der Waals surface area (Å²) in [5.74, 6) is 0.329. The van der Waals surface area contributed by atoms with Crippen LogP contribution in [0.5, 0.6) is 0 Å². The minimum absolute atomic E-state index is 0.155. The Balaban J connectivity index is 2.54. The van der Waals surface area contributed by atoms with Gasteiger partial charge in [0.1, 0.15) is 11.5 Å². The van der Waals surface area contributed by atoms with E-state index in [0.29, 0.717) is 11.5 Å². The van der Waals surface area contributed by atoms with Crippen LogP contribution in [0.15, 0.2) is 47.0 Å². The lowest BCUT2D eigenvalue weighted by molar-refractivity contribution is 0.146. The average molecular weight is 354 g/mol. The van der Waals surface area contributed by atoms with Gasteiger partial charge in [0.05, 0.1) is 4.90 Å². The maximum Gasteiger partial charge on any atom is 0.281 e. The number of imidazole rings is 1. The molecule has 0 saturated heterocycles. The quantitative estimate of drug-likeness (QED) is 0.753. The number of hydrogen-bond acceptors (Lipinski definition) is 3. The minimum atomic E-state index is -3.31. The molecule has 0 N–H and O–H groups in total. The third-order valence-corrected chi connectivity index (χ3v) is 4.64. The topological polar surface area (TPSA) is 52.0 Å². The van der Waals surface area contributed by atoms with Crippen molar-refractivity contribution in [3.8, 4) is 5.69 Å². The second-order valence-electron chi connectivity index (χ2n) is 5.99. The van der Waals surface area contributed by atoms with Crippen LogP contribution >= 0.6 is 0 Å². The summed E-state index contributed by atoms with van der Waals surface area (Å²) in [4.78, 5) is 4.24. The Morgan fingerprint density at radius 2 is 1.79 bits per heavy atom. The zero-order valence-electron chi connectivity index (χ0n) is 14.0. The highest BCUT2D eigenvalue weighted by Crippen LogP contribution is 2.27. The van der Waals surface area contributed by atoms with Gasteiger partial charge in [-0.2, -0.15) is 0 Å². The highest BCUT2D eigenvalue weighted by molar-refractivity contribution is 7.90. The Bertz CT molecular complexity index is 849. The molecule has 1 heterocycles. The van der Waals surface area contributed by atoms with Crippen molar-refractivity contribution in [2.24, 2.45) is 0 Å². The molecule has 2 rings (SSSR count). The van der Waals surface area contributed by atoms with Crippen LogP contribution in [0.3, 0.4) is 0 Å². The number of hydrogen-bond donors (Lipinski definition) is 0. The molecule has 0 saturated carbocycles. The highest BCUT2D eigenvalue weighted by atomic mass is 32.2. The van der Waals surface area contributed by atoms with E-state index in [9.17, 15) is 17.2 Å². The van der Waals surface area contributed by atoms with E-state index in [1.165, 1.54) is 18.3 Å². The number of nitrogens with zero attached hydrogens (tertiary/aromatic N) is 2. The van der Waals surface area contributed by atoms with Crippen LogP contribution in [-0.2, 0) is 9.84 Å². The second-order valence-corrected chi connectivity index (χ2v) is 8.01. The van der Waals surface area contributed by atoms with E-state index in [2.05, 4.69) is 4.98 Å². The molecule has 24 heavy (non-hydrogen) atoms. The molecule has 0 radical (unpaired) electrons. The van der Waals surface area contributed by atoms with Crippen molar-refractivity contribution >= 4 is 9.84 Å². The summed E-state index contributed by atoms with van der Waals surface area (Å²) >= 11 is 0. The van der Waals surface area contributed by atoms with Crippen LogP contribution in [0.1, 0.15) is 44.6 Å². The fraction of sp³-hybridized carbons (Fsp3) is 0.353. The summed E-state index contributed by atoms with van der Waals surface area (Å²) in [6.45, 7) is 5.74. The van der Waals surface area contributed by atoms with Crippen molar-refractivity contribution in [3.05, 3.63) is 53.6 Å². The molecule has 0 amide bonds. The van der Waals surface area contributed by atoms with Gasteiger partial charge in [0, 0.05) is 24.1 Å². The van der Waals surface area contributed by atoms with Gasteiger partial charge in [-0.3, -0.25) is 0 Å². The second kappa shape index (κ2) is 6.84. The summed E-state index contributed by atoms with van der Waals surface area (Å²) in [5.41, 5.74) is 1.35. The lowest BCUT2D eigenvalue weighted by Crippen LogP contribution is -2.04. The fourth-order valence-corrected chi connectivity index (χ4v) is 3.11. The smallest absolute Gasteiger partial charge is 0.281 e. The van der Waals surface area contributed by atoms with Gasteiger partial charge in [0.15, 0.2) is 9.84 Å². The van der Waals surface area contributed by atoms with E-state index in [-0.39, 0.29) is 16.5 Å². The van der Waals surface area contributed by atoms with Crippen molar-refractivity contribution in [3.63, 3.8) is 0 Å². The standard InChI is InChI=1S/C17H20F2N2O2S/c1-11(2)9-12(3)17-20-15(16(18)19)10-21(17)13-5-7-14(8-6-13)24(4,22)23/h5-10,12,16H,1-4H3. The summed E-state index contributed by atoms with van der Waals surface area (Å²) in [6.07, 6.45) is 1.69. The van der Waals surface area contributed by atoms with Crippen molar-refractivity contribution < 1.29 is 17.2 Å². The van der Waals surface area contributed by atoms with Gasteiger partial charge in [-0.15, -0.1) is 0 Å². The molecule has 1 unspecified atom stereocenters. The van der Waals surface area contributed by atoms with Crippen LogP contribution in [-0.4, -0.2) is 24.2 Å². The summed E-state index contributed by atoms with van der Waals surface area (Å²) in [7, 11) is -3.31. The van der Waals surface area contributed by atoms with Gasteiger partial charge in [-0.1, -0.05) is 18.6 Å². The number of aromatic nitrogens is 2. The lowest BCUT2D eigenvalue weighted by Gasteiger charge is -2.12. The SMILES string of the molecule is CC(C)=CC(C)c1nc(C(F)F)cn1-c1ccc(S(C)(=O)=O)cc1. The van der Waals surface area contributed by atoms with E-state index in [0.717, 1.165) is 11.8 Å². The zero-order valence-corrected chi connectivity index (χ0v) is 14.8. The summed E-state index contributed by atoms with van der Waals surface area (Å²) < 4.78 is 50.8. The van der Waals surface area contributed by atoms with Crippen molar-refractivity contribution in [2.75, 3.05) is 6.26 Å². The number of allylic oxidation sites excluding steroid dienone is 2. The third kappa shape index (κ3) is 4.08. The molecule has 0 bridgehead atoms. The first-order chi connectivity index (χ1) is 11.1. The van der Waals surface area contributed by atoms with Crippen molar-refractivity contribution in [1.29, 1.82) is 0 Å². The predicted octanol–water partition coefficient (Wildman–Crippen LogP) is 4.28. The Labute approximate surface area is 140 Å². The predicted molar refractivity (Wildman–Crippen MR) is 89.5 cm³/mol. The molecule has 1 atom stereocenters. The molecule has 0 aliphatic heterocycles. The maximum absolute atomic E-state index is 13.1. The van der Waals surface area contributed by atoms with Crippen LogP contribution < -0.4 is 0 Å². The number of sulfone groups is 1. The van der Waals surface area contributed by atoms with Crippen LogP contribution in [0.4, 0.5) is 8.78 Å². The molecule has 0 aliphatic carbocycles. The first-order valence-electron chi connectivity index (χ1n) is 7.42. The minimum Gasteiger partial charge on any atom is -0.303 e. The molecule has 1 aromatic heterocycles. The van der Waals surface area contributed by atoms with Crippen LogP contribution in [0.25, 0.3) is 5.69 Å².